The number of nitrogens with zero attached hydrogens (tertiary/aromatic N) is 1. The number of ether oxygens (including phenoxy) is 1. The molecule has 41 heavy (non-hydrogen) atoms. The predicted octanol–water partition coefficient (Wildman–Crippen LogP) is 6.47. The molecule has 1 aromatic rings. The smallest absolute Gasteiger partial charge is 0.187 e. The zero-order chi connectivity index (χ0) is 29.8. The molecule has 0 aliphatic heterocycles. The maximum Gasteiger partial charge on any atom is 0.187 e. The Balaban J connectivity index is 1.42. The highest BCUT2D eigenvalue weighted by atomic mass is 16.5. The van der Waals surface area contributed by atoms with Gasteiger partial charge < -0.3 is 16.2 Å². The van der Waals surface area contributed by atoms with Gasteiger partial charge in [-0.3, -0.25) is 15.3 Å². The van der Waals surface area contributed by atoms with Crippen molar-refractivity contribution in [1.29, 1.82) is 5.41 Å². The summed E-state index contributed by atoms with van der Waals surface area (Å²) in [4.78, 5) is 14.1. The first-order chi connectivity index (χ1) is 19.1. The van der Waals surface area contributed by atoms with Crippen LogP contribution in [0.2, 0.25) is 0 Å². The number of allylic oxidation sites excluding steroid dienone is 1. The number of hydrogen-bond acceptors (Lipinski definition) is 6. The van der Waals surface area contributed by atoms with Crippen molar-refractivity contribution in [3.63, 3.8) is 0 Å². The molecule has 7 atom stereocenters. The van der Waals surface area contributed by atoms with Crippen LogP contribution in [0.1, 0.15) is 118 Å². The van der Waals surface area contributed by atoms with Gasteiger partial charge in [-0.25, -0.2) is 0 Å². The average molecular weight is 564 g/mol. The summed E-state index contributed by atoms with van der Waals surface area (Å²) < 4.78 is 5.45. The molecule has 7 heteroatoms. The molecule has 3 fully saturated rings. The quantitative estimate of drug-likeness (QED) is 0.189. The molecule has 0 radical (unpaired) electrons. The molecule has 3 saturated carbocycles. The Kier molecular flexibility index (Phi) is 6.31. The Labute approximate surface area is 246 Å². The van der Waals surface area contributed by atoms with Crippen molar-refractivity contribution in [2.75, 3.05) is 12.3 Å². The first kappa shape index (κ1) is 28.9. The van der Waals surface area contributed by atoms with E-state index in [0.29, 0.717) is 24.3 Å². The van der Waals surface area contributed by atoms with Gasteiger partial charge >= 0.3 is 0 Å². The van der Waals surface area contributed by atoms with Crippen molar-refractivity contribution in [3.8, 4) is 0 Å². The number of hydrogen-bond donors (Lipinski definition) is 4. The topological polar surface area (TPSA) is 131 Å². The van der Waals surface area contributed by atoms with Gasteiger partial charge in [-0.15, -0.1) is 0 Å². The second-order valence-corrected chi connectivity index (χ2v) is 16.3. The number of fused-ring (bicyclic) bond motifs is 8. The number of aromatic nitrogens is 2. The molecule has 7 nitrogen and oxygen atoms in total. The molecule has 0 spiro atoms. The molecular formula is C34H53N5O2. The normalized spacial score (nSPS) is 42.0. The average Bonchev–Trinajstić information content (AvgIpc) is 3.24. The Morgan fingerprint density at radius 1 is 1.10 bits per heavy atom. The van der Waals surface area contributed by atoms with Gasteiger partial charge in [0.15, 0.2) is 5.90 Å². The van der Waals surface area contributed by atoms with Gasteiger partial charge in [0.25, 0.3) is 0 Å². The first-order valence-corrected chi connectivity index (χ1v) is 16.1. The summed E-state index contributed by atoms with van der Waals surface area (Å²) in [6, 6.07) is 0. The number of nitrogen functional groups attached to an aromatic ring is 1. The van der Waals surface area contributed by atoms with E-state index in [1.165, 1.54) is 16.8 Å². The molecule has 5 aliphatic carbocycles. The number of Topliss-reactive ketones (excluding diaryl/α,β-unsaturated/α-hetero) is 1. The molecular weight excluding hydrogens is 510 g/mol. The lowest BCUT2D eigenvalue weighted by molar-refractivity contribution is -0.150. The summed E-state index contributed by atoms with van der Waals surface area (Å²) in [6.07, 6.45) is 11.3. The molecule has 0 amide bonds. The number of nitrogens with one attached hydrogen (secondary N) is 2. The monoisotopic (exact) mass is 563 g/mol. The highest BCUT2D eigenvalue weighted by molar-refractivity contribution is 6.00. The minimum Gasteiger partial charge on any atom is -0.481 e. The maximum absolute atomic E-state index is 14.1. The van der Waals surface area contributed by atoms with Crippen LogP contribution in [0.4, 0.5) is 5.82 Å². The van der Waals surface area contributed by atoms with Gasteiger partial charge in [-0.2, -0.15) is 5.10 Å². The molecule has 1 aromatic heterocycles. The third-order valence-electron chi connectivity index (χ3n) is 13.6. The predicted molar refractivity (Wildman–Crippen MR) is 164 cm³/mol. The summed E-state index contributed by atoms with van der Waals surface area (Å²) in [6.45, 7) is 16.8. The van der Waals surface area contributed by atoms with Gasteiger partial charge in [0.2, 0.25) is 0 Å². The van der Waals surface area contributed by atoms with Crippen molar-refractivity contribution in [1.82, 2.24) is 10.2 Å². The highest BCUT2D eigenvalue weighted by Gasteiger charge is 2.69. The van der Waals surface area contributed by atoms with Gasteiger partial charge in [-0.05, 0) is 104 Å². The molecule has 0 aromatic carbocycles. The van der Waals surface area contributed by atoms with Crippen LogP contribution in [0.3, 0.4) is 0 Å². The minimum absolute atomic E-state index is 0.0351. The summed E-state index contributed by atoms with van der Waals surface area (Å²) in [7, 11) is 0. The van der Waals surface area contributed by atoms with Crippen LogP contribution in [0.5, 0.6) is 0 Å². The summed E-state index contributed by atoms with van der Waals surface area (Å²) >= 11 is 0. The lowest BCUT2D eigenvalue weighted by atomic mass is 9.35. The van der Waals surface area contributed by atoms with Crippen LogP contribution >= 0.6 is 0 Å². The number of rotatable bonds is 4. The van der Waals surface area contributed by atoms with E-state index in [9.17, 15) is 4.79 Å². The summed E-state index contributed by atoms with van der Waals surface area (Å²) in [5, 5.41) is 16.1. The molecule has 0 bridgehead atoms. The van der Waals surface area contributed by atoms with Crippen LogP contribution in [-0.4, -0.2) is 34.0 Å². The molecule has 1 heterocycles. The number of carbonyl (C=O) groups is 1. The molecule has 0 saturated heterocycles. The van der Waals surface area contributed by atoms with Gasteiger partial charge in [0.05, 0.1) is 13.0 Å². The minimum atomic E-state index is -0.440. The van der Waals surface area contributed by atoms with E-state index in [0.717, 1.165) is 57.8 Å². The van der Waals surface area contributed by atoms with E-state index in [4.69, 9.17) is 21.6 Å². The van der Waals surface area contributed by atoms with Crippen molar-refractivity contribution in [3.05, 3.63) is 22.9 Å². The maximum atomic E-state index is 14.1. The number of ketones is 1. The van der Waals surface area contributed by atoms with Gasteiger partial charge in [-0.1, -0.05) is 47.6 Å². The van der Waals surface area contributed by atoms with Crippen LogP contribution in [0.15, 0.2) is 11.6 Å². The van der Waals surface area contributed by atoms with Crippen LogP contribution in [0, 0.1) is 44.8 Å². The SMILES string of the molecule is CCOC(=N)CC(=O)[C@]12CCC(C)(C)CC1C1=CCC3[C@@]4(C)Cc5c(N)n[nH]c5C(C)(C)C4CC[C@@]3(C)[C@]1(N)CC2. The van der Waals surface area contributed by atoms with E-state index in [-0.39, 0.29) is 45.7 Å². The number of nitrogens with two attached hydrogens (primary N) is 2. The largest absolute Gasteiger partial charge is 0.481 e. The Morgan fingerprint density at radius 3 is 2.51 bits per heavy atom. The zero-order valence-corrected chi connectivity index (χ0v) is 26.5. The van der Waals surface area contributed by atoms with Crippen molar-refractivity contribution < 1.29 is 9.53 Å². The molecule has 3 unspecified atom stereocenters. The fourth-order valence-electron chi connectivity index (χ4n) is 11.4. The lowest BCUT2D eigenvalue weighted by Gasteiger charge is -2.70. The van der Waals surface area contributed by atoms with Crippen LogP contribution in [-0.2, 0) is 21.4 Å². The fourth-order valence-corrected chi connectivity index (χ4v) is 11.4. The van der Waals surface area contributed by atoms with E-state index in [2.05, 4.69) is 57.8 Å². The van der Waals surface area contributed by atoms with Crippen LogP contribution in [0.25, 0.3) is 0 Å². The standard InChI is InChI=1S/C34H53N5O2/c1-8-41-26(35)17-25(40)33-14-13-29(2,3)19-22(33)21-9-10-24-31(6)18-20-27(38-39-28(20)36)30(4,5)23(31)11-12-32(24,7)34(21,37)16-15-33/h9,22-24,35H,8,10-19,37H2,1-7H3,(H3,36,38,39)/t22?,23?,24?,31-,32+,33-,34-/m0/s1. The van der Waals surface area contributed by atoms with Crippen molar-refractivity contribution in [2.45, 2.75) is 124 Å². The number of anilines is 1. The third kappa shape index (κ3) is 3.75. The summed E-state index contributed by atoms with van der Waals surface area (Å²) in [5.74, 6) is 2.02. The van der Waals surface area contributed by atoms with E-state index in [1.807, 2.05) is 6.92 Å². The third-order valence-corrected chi connectivity index (χ3v) is 13.6. The Bertz CT molecular complexity index is 1310. The Morgan fingerprint density at radius 2 is 1.80 bits per heavy atom. The lowest BCUT2D eigenvalue weighted by Crippen LogP contribution is -2.71. The Hall–Kier alpha value is -2.15. The number of carbonyl (C=O) groups excluding carboxylic acids is 1. The molecule has 6 N–H and O–H groups in total. The summed E-state index contributed by atoms with van der Waals surface area (Å²) in [5.41, 5.74) is 17.3. The number of H-pyrrole nitrogens is 1. The fraction of sp³-hybridized carbons (Fsp3) is 0.794. The number of aromatic amines is 1. The second-order valence-electron chi connectivity index (χ2n) is 16.3. The van der Waals surface area contributed by atoms with Crippen molar-refractivity contribution >= 4 is 17.5 Å². The van der Waals surface area contributed by atoms with Gasteiger partial charge in [0, 0.05) is 27.6 Å². The highest BCUT2D eigenvalue weighted by Crippen LogP contribution is 2.72. The van der Waals surface area contributed by atoms with E-state index in [1.54, 1.807) is 0 Å². The van der Waals surface area contributed by atoms with Gasteiger partial charge in [0.1, 0.15) is 11.6 Å². The van der Waals surface area contributed by atoms with E-state index < -0.39 is 11.0 Å². The zero-order valence-electron chi connectivity index (χ0n) is 26.5. The molecule has 226 valence electrons. The van der Waals surface area contributed by atoms with Crippen LogP contribution < -0.4 is 11.5 Å². The molecule has 5 aliphatic rings. The van der Waals surface area contributed by atoms with Crippen molar-refractivity contribution in [2.24, 2.45) is 45.1 Å². The first-order valence-electron chi connectivity index (χ1n) is 16.1. The second kappa shape index (κ2) is 8.93. The van der Waals surface area contributed by atoms with E-state index >= 15 is 0 Å². The molecule has 6 rings (SSSR count).